The van der Waals surface area contributed by atoms with Crippen LogP contribution in [0.2, 0.25) is 0 Å². The van der Waals surface area contributed by atoms with Crippen LogP contribution in [0.25, 0.3) is 11.0 Å². The molecule has 1 aliphatic rings. The van der Waals surface area contributed by atoms with Crippen LogP contribution in [0.1, 0.15) is 25.3 Å². The molecule has 2 aromatic heterocycles. The van der Waals surface area contributed by atoms with Gasteiger partial charge in [-0.15, -0.1) is 0 Å². The van der Waals surface area contributed by atoms with Gasteiger partial charge in [0, 0.05) is 25.7 Å². The van der Waals surface area contributed by atoms with Crippen LogP contribution in [0.3, 0.4) is 0 Å². The van der Waals surface area contributed by atoms with Gasteiger partial charge in [0.25, 0.3) is 5.56 Å². The molecule has 0 saturated carbocycles. The molecule has 7 nitrogen and oxygen atoms in total. The lowest BCUT2D eigenvalue weighted by Gasteiger charge is -2.33. The molecule has 21 heavy (non-hydrogen) atoms. The highest BCUT2D eigenvalue weighted by atomic mass is 16.1. The largest absolute Gasteiger partial charge is 0.355 e. The Morgan fingerprint density at radius 2 is 2.43 bits per heavy atom. The molecule has 7 heteroatoms. The monoisotopic (exact) mass is 286 g/mol. The molecule has 1 fully saturated rings. The fourth-order valence-electron chi connectivity index (χ4n) is 3.11. The molecule has 1 atom stereocenters. The summed E-state index contributed by atoms with van der Waals surface area (Å²) in [5.74, 6) is 0.773. The molecular weight excluding hydrogens is 268 g/mol. The summed E-state index contributed by atoms with van der Waals surface area (Å²) in [7, 11) is 0. The van der Waals surface area contributed by atoms with Crippen molar-refractivity contribution in [1.29, 1.82) is 5.26 Å². The number of nitriles is 1. The van der Waals surface area contributed by atoms with Gasteiger partial charge in [0.05, 0.1) is 6.33 Å². The van der Waals surface area contributed by atoms with Gasteiger partial charge in [0.15, 0.2) is 0 Å². The Balaban J connectivity index is 2.28. The summed E-state index contributed by atoms with van der Waals surface area (Å²) in [6.45, 7) is 4.11. The molecule has 2 aromatic rings. The molecular formula is C14H18N6O. The topological polar surface area (TPSA) is 104 Å². The zero-order valence-corrected chi connectivity index (χ0v) is 12.0. The lowest BCUT2D eigenvalue weighted by Crippen LogP contribution is -2.44. The Morgan fingerprint density at radius 1 is 1.62 bits per heavy atom. The molecule has 1 saturated heterocycles. The highest BCUT2D eigenvalue weighted by Crippen LogP contribution is 2.31. The fraction of sp³-hybridized carbons (Fsp3) is 0.500. The van der Waals surface area contributed by atoms with Crippen LogP contribution in [-0.2, 0) is 6.54 Å². The average molecular weight is 286 g/mol. The quantitative estimate of drug-likeness (QED) is 0.838. The van der Waals surface area contributed by atoms with E-state index in [2.05, 4.69) is 20.9 Å². The number of anilines is 1. The number of nitrogens with zero attached hydrogens (tertiary/aromatic N) is 4. The van der Waals surface area contributed by atoms with E-state index in [4.69, 9.17) is 5.73 Å². The molecule has 0 spiro atoms. The van der Waals surface area contributed by atoms with E-state index in [1.165, 1.54) is 6.33 Å². The fourth-order valence-corrected chi connectivity index (χ4v) is 3.11. The van der Waals surface area contributed by atoms with Crippen LogP contribution >= 0.6 is 0 Å². The lowest BCUT2D eigenvalue weighted by molar-refractivity contribution is 0.498. The van der Waals surface area contributed by atoms with Crippen LogP contribution in [0, 0.1) is 11.3 Å². The summed E-state index contributed by atoms with van der Waals surface area (Å²) in [6.07, 6.45) is 3.32. The van der Waals surface area contributed by atoms with Crippen molar-refractivity contribution >= 4 is 16.9 Å². The van der Waals surface area contributed by atoms with Gasteiger partial charge in [-0.25, -0.2) is 4.98 Å². The number of hydrogen-bond donors (Lipinski definition) is 2. The summed E-state index contributed by atoms with van der Waals surface area (Å²) in [5.41, 5.74) is 7.23. The van der Waals surface area contributed by atoms with Gasteiger partial charge in [-0.05, 0) is 19.8 Å². The van der Waals surface area contributed by atoms with E-state index < -0.39 is 0 Å². The predicted molar refractivity (Wildman–Crippen MR) is 80.2 cm³/mol. The van der Waals surface area contributed by atoms with Crippen molar-refractivity contribution in [3.8, 4) is 6.07 Å². The molecule has 3 N–H and O–H groups in total. The Kier molecular flexibility index (Phi) is 3.39. The summed E-state index contributed by atoms with van der Waals surface area (Å²) in [6, 6.07) is 2.31. The smallest absolute Gasteiger partial charge is 0.275 e. The summed E-state index contributed by atoms with van der Waals surface area (Å²) >= 11 is 0. The number of H-pyrrole nitrogens is 1. The highest BCUT2D eigenvalue weighted by molar-refractivity contribution is 5.89. The number of nitrogens with one attached hydrogen (secondary N) is 1. The maximum Gasteiger partial charge on any atom is 0.275 e. The van der Waals surface area contributed by atoms with Gasteiger partial charge >= 0.3 is 0 Å². The number of piperidine rings is 1. The van der Waals surface area contributed by atoms with Crippen LogP contribution < -0.4 is 16.2 Å². The molecule has 3 heterocycles. The van der Waals surface area contributed by atoms with Gasteiger partial charge in [0.2, 0.25) is 0 Å². The molecule has 0 aliphatic carbocycles. The number of nitrogens with two attached hydrogens (primary N) is 1. The molecule has 0 amide bonds. The minimum absolute atomic E-state index is 0.0971. The maximum absolute atomic E-state index is 12.1. The molecule has 0 bridgehead atoms. The van der Waals surface area contributed by atoms with Crippen molar-refractivity contribution in [3.05, 3.63) is 22.2 Å². The van der Waals surface area contributed by atoms with Crippen molar-refractivity contribution in [3.63, 3.8) is 0 Å². The first-order valence-corrected chi connectivity index (χ1v) is 7.17. The van der Waals surface area contributed by atoms with Gasteiger partial charge in [0.1, 0.15) is 28.5 Å². The van der Waals surface area contributed by atoms with Crippen molar-refractivity contribution in [1.82, 2.24) is 14.5 Å². The van der Waals surface area contributed by atoms with E-state index in [1.807, 2.05) is 11.5 Å². The van der Waals surface area contributed by atoms with E-state index in [1.54, 1.807) is 0 Å². The number of hydrogen-bond acceptors (Lipinski definition) is 5. The number of aryl methyl sites for hydroxylation is 1. The second kappa shape index (κ2) is 5.22. The first-order valence-electron chi connectivity index (χ1n) is 7.17. The van der Waals surface area contributed by atoms with E-state index in [0.29, 0.717) is 29.7 Å². The third kappa shape index (κ3) is 2.08. The minimum Gasteiger partial charge on any atom is -0.355 e. The Labute approximate surface area is 122 Å². The standard InChI is InChI=1S/C14H18N6O/c1-2-20-12-11(17-8-18-13(12)21)10(6-15)14(20)19-5-3-4-9(16)7-19/h8-9H,2-5,7,16H2,1H3,(H,17,18,21)/t9-/m0/s1. The van der Waals surface area contributed by atoms with E-state index in [9.17, 15) is 10.1 Å². The van der Waals surface area contributed by atoms with E-state index >= 15 is 0 Å². The second-order valence-corrected chi connectivity index (χ2v) is 5.33. The summed E-state index contributed by atoms with van der Waals surface area (Å²) in [4.78, 5) is 21.0. The number of aromatic nitrogens is 3. The number of rotatable bonds is 2. The second-order valence-electron chi connectivity index (χ2n) is 5.33. The minimum atomic E-state index is -0.217. The normalized spacial score (nSPS) is 18.9. The van der Waals surface area contributed by atoms with Gasteiger partial charge in [-0.1, -0.05) is 0 Å². The summed E-state index contributed by atoms with van der Waals surface area (Å²) in [5, 5.41) is 9.54. The van der Waals surface area contributed by atoms with Crippen molar-refractivity contribution in [2.75, 3.05) is 18.0 Å². The molecule has 0 radical (unpaired) electrons. The van der Waals surface area contributed by atoms with Crippen LogP contribution in [-0.4, -0.2) is 33.7 Å². The van der Waals surface area contributed by atoms with E-state index in [0.717, 1.165) is 25.2 Å². The lowest BCUT2D eigenvalue weighted by atomic mass is 10.1. The zero-order chi connectivity index (χ0) is 15.0. The first kappa shape index (κ1) is 13.6. The van der Waals surface area contributed by atoms with Gasteiger partial charge < -0.3 is 20.2 Å². The zero-order valence-electron chi connectivity index (χ0n) is 12.0. The van der Waals surface area contributed by atoms with Crippen molar-refractivity contribution in [2.24, 2.45) is 5.73 Å². The SMILES string of the molecule is CCn1c(N2CCC[C@H](N)C2)c(C#N)c2nc[nH]c(=O)c21. The van der Waals surface area contributed by atoms with Gasteiger partial charge in [-0.2, -0.15) is 5.26 Å². The van der Waals surface area contributed by atoms with Crippen LogP contribution in [0.4, 0.5) is 5.82 Å². The van der Waals surface area contributed by atoms with Crippen molar-refractivity contribution in [2.45, 2.75) is 32.4 Å². The summed E-state index contributed by atoms with van der Waals surface area (Å²) < 4.78 is 1.87. The number of fused-ring (bicyclic) bond motifs is 1. The first-order chi connectivity index (χ1) is 10.2. The maximum atomic E-state index is 12.1. The molecule has 1 aliphatic heterocycles. The van der Waals surface area contributed by atoms with Crippen LogP contribution in [0.15, 0.2) is 11.1 Å². The van der Waals surface area contributed by atoms with Crippen molar-refractivity contribution < 1.29 is 0 Å². The Bertz CT molecular complexity index is 768. The molecule has 0 unspecified atom stereocenters. The van der Waals surface area contributed by atoms with E-state index in [-0.39, 0.29) is 11.6 Å². The Hall–Kier alpha value is -2.33. The molecule has 3 rings (SSSR count). The average Bonchev–Trinajstić information content (AvgIpc) is 2.82. The predicted octanol–water partition coefficient (Wildman–Crippen LogP) is 0.544. The number of aromatic amines is 1. The third-order valence-corrected chi connectivity index (χ3v) is 4.00. The highest BCUT2D eigenvalue weighted by Gasteiger charge is 2.27. The van der Waals surface area contributed by atoms with Gasteiger partial charge in [-0.3, -0.25) is 4.79 Å². The molecule has 110 valence electrons. The molecule has 0 aromatic carbocycles. The third-order valence-electron chi connectivity index (χ3n) is 4.00. The Morgan fingerprint density at radius 3 is 3.10 bits per heavy atom. The van der Waals surface area contributed by atoms with Crippen LogP contribution in [0.5, 0.6) is 0 Å².